The second-order valence-corrected chi connectivity index (χ2v) is 4.34. The number of hydrogen-bond donors (Lipinski definition) is 1. The van der Waals surface area contributed by atoms with Gasteiger partial charge in [0.2, 0.25) is 0 Å². The van der Waals surface area contributed by atoms with Gasteiger partial charge in [0.15, 0.2) is 0 Å². The molecule has 1 aromatic rings. The van der Waals surface area contributed by atoms with Gasteiger partial charge in [0.1, 0.15) is 11.2 Å². The number of rotatable bonds is 3. The third kappa shape index (κ3) is 1.52. The van der Waals surface area contributed by atoms with Crippen LogP contribution in [0.1, 0.15) is 18.1 Å². The Morgan fingerprint density at radius 3 is 2.71 bits per heavy atom. The normalized spacial score (nSPS) is 23.3. The van der Waals surface area contributed by atoms with Crippen LogP contribution in [0.15, 0.2) is 18.2 Å². The van der Waals surface area contributed by atoms with Crippen molar-refractivity contribution >= 4 is 5.97 Å². The van der Waals surface area contributed by atoms with Crippen LogP contribution in [-0.2, 0) is 21.4 Å². The number of aliphatic hydroxyl groups is 1. The van der Waals surface area contributed by atoms with E-state index < -0.39 is 17.5 Å². The van der Waals surface area contributed by atoms with E-state index in [-0.39, 0.29) is 0 Å². The number of ether oxygens (including phenoxy) is 2. The number of hydrogen-bond acceptors (Lipinski definition) is 4. The number of carbonyl (C=O) groups excluding carboxylic acids is 1. The maximum absolute atomic E-state index is 11.9. The van der Waals surface area contributed by atoms with E-state index in [4.69, 9.17) is 9.47 Å². The third-order valence-corrected chi connectivity index (χ3v) is 3.53. The quantitative estimate of drug-likeness (QED) is 0.797. The van der Waals surface area contributed by atoms with Gasteiger partial charge >= 0.3 is 5.97 Å². The first-order valence-corrected chi connectivity index (χ1v) is 5.50. The van der Waals surface area contributed by atoms with Crippen LogP contribution in [0, 0.1) is 0 Å². The summed E-state index contributed by atoms with van der Waals surface area (Å²) in [5, 5.41) is 9.89. The van der Waals surface area contributed by atoms with Crippen LogP contribution < -0.4 is 4.74 Å². The first-order valence-electron chi connectivity index (χ1n) is 5.50. The van der Waals surface area contributed by atoms with Crippen molar-refractivity contribution in [2.24, 2.45) is 0 Å². The maximum Gasteiger partial charge on any atom is 0.319 e. The molecule has 1 N–H and O–H groups in total. The van der Waals surface area contributed by atoms with Gasteiger partial charge in [-0.25, -0.2) is 0 Å². The van der Waals surface area contributed by atoms with Gasteiger partial charge in [-0.3, -0.25) is 4.79 Å². The van der Waals surface area contributed by atoms with Crippen LogP contribution >= 0.6 is 0 Å². The number of benzene rings is 1. The fourth-order valence-corrected chi connectivity index (χ4v) is 2.45. The fraction of sp³-hybridized carbons (Fsp3) is 0.462. The summed E-state index contributed by atoms with van der Waals surface area (Å²) in [5.74, 6) is 0.283. The van der Waals surface area contributed by atoms with E-state index in [1.807, 2.05) is 12.1 Å². The van der Waals surface area contributed by atoms with Gasteiger partial charge in [0, 0.05) is 0 Å². The Labute approximate surface area is 100 Å². The van der Waals surface area contributed by atoms with Crippen LogP contribution in [0.5, 0.6) is 5.75 Å². The molecule has 0 saturated heterocycles. The van der Waals surface area contributed by atoms with Crippen molar-refractivity contribution in [2.45, 2.75) is 24.9 Å². The van der Waals surface area contributed by atoms with E-state index in [1.54, 1.807) is 20.1 Å². The summed E-state index contributed by atoms with van der Waals surface area (Å²) in [7, 11) is 2.91. The zero-order chi connectivity index (χ0) is 12.6. The highest BCUT2D eigenvalue weighted by atomic mass is 16.5. The zero-order valence-corrected chi connectivity index (χ0v) is 10.2. The van der Waals surface area contributed by atoms with Crippen molar-refractivity contribution in [2.75, 3.05) is 14.2 Å². The molecule has 0 fully saturated rings. The van der Waals surface area contributed by atoms with Crippen molar-refractivity contribution in [1.29, 1.82) is 0 Å². The summed E-state index contributed by atoms with van der Waals surface area (Å²) < 4.78 is 9.95. The van der Waals surface area contributed by atoms with Crippen LogP contribution in [-0.4, -0.2) is 31.4 Å². The highest BCUT2D eigenvalue weighted by molar-refractivity contribution is 5.88. The van der Waals surface area contributed by atoms with Crippen molar-refractivity contribution in [3.63, 3.8) is 0 Å². The summed E-state index contributed by atoms with van der Waals surface area (Å²) >= 11 is 0. The number of carbonyl (C=O) groups is 1. The standard InChI is InChI=1S/C13H16O4/c1-8(14)13(12(15)17-3)7-9-4-5-10(16-2)6-11(9)13/h4-6,8,14H,7H2,1-3H3. The number of methoxy groups -OCH3 is 2. The van der Waals surface area contributed by atoms with Crippen molar-refractivity contribution in [3.05, 3.63) is 29.3 Å². The molecule has 0 bridgehead atoms. The van der Waals surface area contributed by atoms with Gasteiger partial charge in [-0.15, -0.1) is 0 Å². The molecule has 4 heteroatoms. The molecular weight excluding hydrogens is 220 g/mol. The fourth-order valence-electron chi connectivity index (χ4n) is 2.45. The highest BCUT2D eigenvalue weighted by Crippen LogP contribution is 2.46. The van der Waals surface area contributed by atoms with Crippen LogP contribution in [0.2, 0.25) is 0 Å². The SMILES string of the molecule is COC(=O)C1(C(C)O)Cc2ccc(OC)cc21. The molecule has 0 aliphatic heterocycles. The monoisotopic (exact) mass is 236 g/mol. The molecule has 17 heavy (non-hydrogen) atoms. The topological polar surface area (TPSA) is 55.8 Å². The summed E-state index contributed by atoms with van der Waals surface area (Å²) in [6.07, 6.45) is -0.272. The Morgan fingerprint density at radius 2 is 2.18 bits per heavy atom. The number of esters is 1. The second-order valence-electron chi connectivity index (χ2n) is 4.34. The minimum atomic E-state index is -0.932. The molecule has 0 radical (unpaired) electrons. The van der Waals surface area contributed by atoms with Crippen LogP contribution in [0.4, 0.5) is 0 Å². The van der Waals surface area contributed by atoms with Crippen LogP contribution in [0.25, 0.3) is 0 Å². The van der Waals surface area contributed by atoms with E-state index in [0.717, 1.165) is 11.1 Å². The third-order valence-electron chi connectivity index (χ3n) is 3.53. The van der Waals surface area contributed by atoms with E-state index in [2.05, 4.69) is 0 Å². The summed E-state index contributed by atoms with van der Waals surface area (Å²) in [4.78, 5) is 11.9. The molecule has 2 atom stereocenters. The predicted octanol–water partition coefficient (Wildman–Crippen LogP) is 1.04. The number of aliphatic hydroxyl groups excluding tert-OH is 1. The van der Waals surface area contributed by atoms with Gasteiger partial charge in [-0.2, -0.15) is 0 Å². The van der Waals surface area contributed by atoms with Gasteiger partial charge < -0.3 is 14.6 Å². The molecule has 4 nitrogen and oxygen atoms in total. The molecule has 0 heterocycles. The molecule has 0 amide bonds. The Balaban J connectivity index is 2.49. The molecular formula is C13H16O4. The molecule has 1 aliphatic carbocycles. The Bertz CT molecular complexity index is 453. The molecule has 0 aromatic heterocycles. The van der Waals surface area contributed by atoms with Crippen LogP contribution in [0.3, 0.4) is 0 Å². The Kier molecular flexibility index (Phi) is 2.83. The lowest BCUT2D eigenvalue weighted by Gasteiger charge is -2.43. The molecule has 1 aliphatic rings. The van der Waals surface area contributed by atoms with Gasteiger partial charge in [0.25, 0.3) is 0 Å². The minimum absolute atomic E-state index is 0.395. The highest BCUT2D eigenvalue weighted by Gasteiger charge is 2.53. The molecule has 2 unspecified atom stereocenters. The van der Waals surface area contributed by atoms with Gasteiger partial charge in [-0.1, -0.05) is 6.07 Å². The summed E-state index contributed by atoms with van der Waals surface area (Å²) in [6.45, 7) is 1.61. The van der Waals surface area contributed by atoms with E-state index in [9.17, 15) is 9.90 Å². The van der Waals surface area contributed by atoms with Gasteiger partial charge in [0.05, 0.1) is 20.3 Å². The van der Waals surface area contributed by atoms with Crippen molar-refractivity contribution in [1.82, 2.24) is 0 Å². The average molecular weight is 236 g/mol. The molecule has 92 valence electrons. The summed E-state index contributed by atoms with van der Waals surface area (Å²) in [6, 6.07) is 5.56. The average Bonchev–Trinajstić information content (AvgIpc) is 2.30. The first kappa shape index (κ1) is 11.9. The maximum atomic E-state index is 11.9. The Hall–Kier alpha value is -1.55. The molecule has 2 rings (SSSR count). The summed E-state index contributed by atoms with van der Waals surface area (Å²) in [5.41, 5.74) is 0.925. The lowest BCUT2D eigenvalue weighted by atomic mass is 9.61. The lowest BCUT2D eigenvalue weighted by Crippen LogP contribution is -2.54. The zero-order valence-electron chi connectivity index (χ0n) is 10.2. The number of fused-ring (bicyclic) bond motifs is 1. The minimum Gasteiger partial charge on any atom is -0.497 e. The Morgan fingerprint density at radius 1 is 1.47 bits per heavy atom. The smallest absolute Gasteiger partial charge is 0.319 e. The van der Waals surface area contributed by atoms with E-state index in [1.165, 1.54) is 7.11 Å². The molecule has 0 saturated carbocycles. The van der Waals surface area contributed by atoms with Gasteiger partial charge in [-0.05, 0) is 36.6 Å². The van der Waals surface area contributed by atoms with E-state index >= 15 is 0 Å². The van der Waals surface area contributed by atoms with Crippen molar-refractivity contribution in [3.8, 4) is 5.75 Å². The molecule has 0 spiro atoms. The molecule has 1 aromatic carbocycles. The predicted molar refractivity (Wildman–Crippen MR) is 62.1 cm³/mol. The van der Waals surface area contributed by atoms with Crippen molar-refractivity contribution < 1.29 is 19.4 Å². The van der Waals surface area contributed by atoms with E-state index in [0.29, 0.717) is 12.2 Å². The largest absolute Gasteiger partial charge is 0.497 e. The lowest BCUT2D eigenvalue weighted by molar-refractivity contribution is -0.153. The first-order chi connectivity index (χ1) is 8.06. The second kappa shape index (κ2) is 4.04.